The van der Waals surface area contributed by atoms with Gasteiger partial charge in [0.1, 0.15) is 0 Å². The summed E-state index contributed by atoms with van der Waals surface area (Å²) in [5.41, 5.74) is 1.82. The summed E-state index contributed by atoms with van der Waals surface area (Å²) in [6, 6.07) is 12.8. The number of hydrogen-bond donors (Lipinski definition) is 9. The van der Waals surface area contributed by atoms with E-state index in [0.29, 0.717) is 46.8 Å². The molecular weight excluding hydrogens is 873 g/mol. The number of benzene rings is 2. The van der Waals surface area contributed by atoms with Gasteiger partial charge in [-0.2, -0.15) is 53.5 Å². The van der Waals surface area contributed by atoms with Crippen LogP contribution in [0.5, 0.6) is 6.01 Å². The fourth-order valence-corrected chi connectivity index (χ4v) is 4.92. The summed E-state index contributed by atoms with van der Waals surface area (Å²) in [6.07, 6.45) is 2.66. The molecule has 61 heavy (non-hydrogen) atoms. The largest absolute Gasteiger partial charge is 1.00 e. The summed E-state index contributed by atoms with van der Waals surface area (Å²) in [5, 5.41) is 86.5. The number of aliphatic hydroxyl groups excluding tert-OH is 2. The van der Waals surface area contributed by atoms with Crippen molar-refractivity contribution in [3.63, 3.8) is 0 Å². The predicted octanol–water partition coefficient (Wildman–Crippen LogP) is -5.55. The Hall–Kier alpha value is -4.29. The fraction of sp³-hybridized carbons (Fsp3) is 0.207. The molecule has 9 N–H and O–H groups in total. The topological polar surface area (TPSA) is 380 Å². The van der Waals surface area contributed by atoms with Crippen molar-refractivity contribution in [2.24, 2.45) is 9.98 Å². The molecule has 0 unspecified atom stereocenters. The first-order chi connectivity index (χ1) is 28.7. The van der Waals surface area contributed by atoms with Crippen LogP contribution in [-0.4, -0.2) is 121 Å². The quantitative estimate of drug-likeness (QED) is 0.00696. The zero-order valence-electron chi connectivity index (χ0n) is 31.8. The molecule has 312 valence electrons. The van der Waals surface area contributed by atoms with Gasteiger partial charge >= 0.3 is 65.1 Å². The normalized spacial score (nSPS) is 10.9. The van der Waals surface area contributed by atoms with Gasteiger partial charge in [-0.3, -0.25) is 20.5 Å². The maximum absolute atomic E-state index is 10.4. The summed E-state index contributed by atoms with van der Waals surface area (Å²) in [5.74, 6) is -0.597. The monoisotopic (exact) mass is 903 g/mol. The van der Waals surface area contributed by atoms with E-state index in [9.17, 15) is 36.2 Å². The Labute approximate surface area is 396 Å². The molecule has 3 heterocycles. The first kappa shape index (κ1) is 51.1. The van der Waals surface area contributed by atoms with Crippen molar-refractivity contribution in [1.29, 1.82) is 0 Å². The third kappa shape index (κ3) is 17.5. The van der Waals surface area contributed by atoms with Gasteiger partial charge in [0.2, 0.25) is 29.7 Å². The van der Waals surface area contributed by atoms with Crippen molar-refractivity contribution in [3.05, 3.63) is 48.5 Å². The van der Waals surface area contributed by atoms with Crippen LogP contribution >= 0.6 is 24.1 Å². The van der Waals surface area contributed by atoms with E-state index in [1.165, 1.54) is 17.3 Å². The number of aliphatic imine (C=N–C) groups is 2. The van der Waals surface area contributed by atoms with Crippen LogP contribution in [0.1, 0.15) is 0 Å². The summed E-state index contributed by atoms with van der Waals surface area (Å²) < 4.78 is 8.35. The molecule has 2 aromatic carbocycles. The van der Waals surface area contributed by atoms with Crippen molar-refractivity contribution >= 4 is 107 Å². The first-order valence-corrected chi connectivity index (χ1v) is 18.2. The molecular formula is C29H31N17Na2O11S2. The molecule has 0 amide bonds. The zero-order valence-corrected chi connectivity index (χ0v) is 37.5. The second kappa shape index (κ2) is 27.6. The van der Waals surface area contributed by atoms with Crippen LogP contribution in [0.2, 0.25) is 0 Å². The van der Waals surface area contributed by atoms with Crippen LogP contribution in [-0.2, 0) is 18.7 Å². The molecule has 0 fully saturated rings. The second-order valence-electron chi connectivity index (χ2n) is 10.7. The summed E-state index contributed by atoms with van der Waals surface area (Å²) in [4.78, 5) is 46.7. The summed E-state index contributed by atoms with van der Waals surface area (Å²) >= 11 is 1.34. The molecule has 0 saturated carbocycles. The fourth-order valence-electron chi connectivity index (χ4n) is 4.46. The van der Waals surface area contributed by atoms with Crippen molar-refractivity contribution in [1.82, 2.24) is 44.9 Å². The van der Waals surface area contributed by atoms with E-state index >= 15 is 0 Å². The Bertz CT molecular complexity index is 2170. The van der Waals surface area contributed by atoms with Gasteiger partial charge in [0.15, 0.2) is 0 Å². The molecule has 32 heteroatoms. The van der Waals surface area contributed by atoms with Gasteiger partial charge in [0.25, 0.3) is 17.8 Å². The SMILES string of the molecule is [Na+].[Na+].[O-]OOSC/C=N/c1nc(Nc2cccc(Nc3nc(O)nc(Nc4cccc(Nc5nc(/N=C/CSOO[O-])nc(N(CCO)CCO)n5)c4)n3)c2)nc(N(O)O)n1. The minimum atomic E-state index is -0.603. The summed E-state index contributed by atoms with van der Waals surface area (Å²) in [6.45, 7) is -0.252. The first-order valence-electron chi connectivity index (χ1n) is 16.4. The number of nitrogens with one attached hydrogen (secondary N) is 4. The molecule has 0 aliphatic carbocycles. The van der Waals surface area contributed by atoms with Gasteiger partial charge in [-0.05, 0) is 36.4 Å². The van der Waals surface area contributed by atoms with E-state index in [1.807, 2.05) is 0 Å². The average molecular weight is 904 g/mol. The minimum absolute atomic E-state index is 0. The maximum atomic E-state index is 10.4. The van der Waals surface area contributed by atoms with E-state index in [4.69, 9.17) is 0 Å². The predicted molar refractivity (Wildman–Crippen MR) is 205 cm³/mol. The Kier molecular flexibility index (Phi) is 23.1. The number of aliphatic hydroxyl groups is 2. The Morgan fingerprint density at radius 2 is 1.02 bits per heavy atom. The molecule has 28 nitrogen and oxygen atoms in total. The molecule has 0 spiro atoms. The van der Waals surface area contributed by atoms with Crippen molar-refractivity contribution in [3.8, 4) is 6.01 Å². The van der Waals surface area contributed by atoms with Crippen LogP contribution in [0.4, 0.5) is 70.3 Å². The smallest absolute Gasteiger partial charge is 0.691 e. The van der Waals surface area contributed by atoms with Crippen LogP contribution in [0, 0.1) is 0 Å². The van der Waals surface area contributed by atoms with E-state index < -0.39 is 12.0 Å². The van der Waals surface area contributed by atoms with Crippen LogP contribution in [0.3, 0.4) is 0 Å². The van der Waals surface area contributed by atoms with Crippen LogP contribution in [0.15, 0.2) is 58.5 Å². The molecule has 0 aliphatic rings. The van der Waals surface area contributed by atoms with E-state index in [-0.39, 0.29) is 144 Å². The second-order valence-corrected chi connectivity index (χ2v) is 12.1. The number of aromatic hydroxyl groups is 1. The van der Waals surface area contributed by atoms with Crippen molar-refractivity contribution in [2.45, 2.75) is 0 Å². The number of aromatic nitrogens is 9. The van der Waals surface area contributed by atoms with E-state index in [1.54, 1.807) is 48.5 Å². The van der Waals surface area contributed by atoms with Crippen molar-refractivity contribution in [2.75, 3.05) is 69.2 Å². The van der Waals surface area contributed by atoms with Gasteiger partial charge in [0.05, 0.1) is 24.7 Å². The van der Waals surface area contributed by atoms with E-state index in [0.717, 1.165) is 0 Å². The molecule has 5 rings (SSSR count). The Morgan fingerprint density at radius 3 is 1.43 bits per heavy atom. The number of rotatable bonds is 24. The van der Waals surface area contributed by atoms with Crippen LogP contribution in [0.25, 0.3) is 0 Å². The summed E-state index contributed by atoms with van der Waals surface area (Å²) in [7, 11) is 0. The zero-order chi connectivity index (χ0) is 41.8. The number of anilines is 10. The molecule has 0 bridgehead atoms. The average Bonchev–Trinajstić information content (AvgIpc) is 3.20. The van der Waals surface area contributed by atoms with Gasteiger partial charge < -0.3 is 52.0 Å². The molecule has 0 aliphatic heterocycles. The molecule has 5 aromatic rings. The van der Waals surface area contributed by atoms with E-state index in [2.05, 4.69) is 94.9 Å². The minimum Gasteiger partial charge on any atom is -0.691 e. The van der Waals surface area contributed by atoms with Crippen molar-refractivity contribution < 1.29 is 114 Å². The Balaban J connectivity index is 0.00000496. The molecule has 0 atom stereocenters. The third-order valence-electron chi connectivity index (χ3n) is 6.65. The van der Waals surface area contributed by atoms with Gasteiger partial charge in [-0.15, -0.1) is 0 Å². The van der Waals surface area contributed by atoms with Gasteiger partial charge in [-0.25, -0.2) is 9.98 Å². The van der Waals surface area contributed by atoms with Crippen LogP contribution < -0.4 is 101 Å². The number of nitrogens with zero attached hydrogens (tertiary/aromatic N) is 13. The maximum Gasteiger partial charge on any atom is 1.00 e. The number of hydrogen-bond acceptors (Lipinski definition) is 30. The standard InChI is InChI=1S/C29H33N17O11S2.2Na/c47-11-9-45(10-12-48)27-39-21(30-7-13-58-56-54-52)36-23(41-27)32-17-3-1-5-19(15-17)34-25-38-26(44-29(49)43-25)35-20-6-2-4-18(16-20)33-24-37-22(31-8-14-59-57-55-53)40-28(42-24)46(50)51;;/h1-8,15-16,47-48,50-53H,9-14H2,(H,32,36,39,41)(H,33,37,40,42)(H3,34,35,38,43,44,49);;/q;2*+1/p-2/b30-7+,31-8+;;. The molecule has 0 saturated heterocycles. The van der Waals surface area contributed by atoms with Gasteiger partial charge in [0, 0.05) is 72.4 Å². The third-order valence-corrected chi connectivity index (χ3v) is 7.52. The molecule has 3 aromatic heterocycles. The molecule has 0 radical (unpaired) electrons. The van der Waals surface area contributed by atoms with Gasteiger partial charge in [-0.1, -0.05) is 17.4 Å². The Morgan fingerprint density at radius 1 is 0.607 bits per heavy atom.